The van der Waals surface area contributed by atoms with E-state index in [1.165, 1.54) is 31.6 Å². The number of hydrogen-bond donors (Lipinski definition) is 1. The topological polar surface area (TPSA) is 116 Å². The van der Waals surface area contributed by atoms with Gasteiger partial charge in [0.1, 0.15) is 6.61 Å². The number of furan rings is 1. The van der Waals surface area contributed by atoms with Crippen molar-refractivity contribution in [3.8, 4) is 11.5 Å². The van der Waals surface area contributed by atoms with Gasteiger partial charge in [0.25, 0.3) is 5.69 Å². The van der Waals surface area contributed by atoms with Crippen molar-refractivity contribution in [2.75, 3.05) is 7.11 Å². The Hall–Kier alpha value is -4.14. The molecule has 3 aromatic rings. The largest absolute Gasteiger partial charge is 0.493 e. The van der Waals surface area contributed by atoms with Gasteiger partial charge in [-0.1, -0.05) is 30.3 Å². The second kappa shape index (κ2) is 9.18. The molecule has 1 heterocycles. The summed E-state index contributed by atoms with van der Waals surface area (Å²) >= 11 is 0. The molecule has 9 nitrogen and oxygen atoms in total. The number of rotatable bonds is 8. The van der Waals surface area contributed by atoms with Crippen LogP contribution in [0.3, 0.4) is 0 Å². The van der Waals surface area contributed by atoms with Crippen molar-refractivity contribution in [1.82, 2.24) is 5.43 Å². The quantitative estimate of drug-likeness (QED) is 0.354. The fourth-order valence-electron chi connectivity index (χ4n) is 2.46. The minimum absolute atomic E-state index is 0.0684. The zero-order valence-electron chi connectivity index (χ0n) is 15.4. The van der Waals surface area contributed by atoms with E-state index in [9.17, 15) is 14.9 Å². The molecule has 0 atom stereocenters. The van der Waals surface area contributed by atoms with Crippen LogP contribution in [-0.4, -0.2) is 24.2 Å². The molecule has 0 fully saturated rings. The lowest BCUT2D eigenvalue weighted by molar-refractivity contribution is -0.385. The maximum atomic E-state index is 11.8. The molecule has 1 aromatic heterocycles. The highest BCUT2D eigenvalue weighted by Crippen LogP contribution is 2.34. The summed E-state index contributed by atoms with van der Waals surface area (Å²) in [6.07, 6.45) is 2.50. The molecular formula is C20H17N3O6. The van der Waals surface area contributed by atoms with Crippen molar-refractivity contribution in [1.29, 1.82) is 0 Å². The van der Waals surface area contributed by atoms with Gasteiger partial charge in [0.15, 0.2) is 17.3 Å². The van der Waals surface area contributed by atoms with E-state index in [2.05, 4.69) is 10.5 Å². The second-order valence-corrected chi connectivity index (χ2v) is 5.77. The molecule has 0 radical (unpaired) electrons. The van der Waals surface area contributed by atoms with Crippen LogP contribution in [0.5, 0.6) is 11.5 Å². The number of nitro groups is 1. The van der Waals surface area contributed by atoms with Gasteiger partial charge >= 0.3 is 5.91 Å². The van der Waals surface area contributed by atoms with Crippen molar-refractivity contribution in [2.24, 2.45) is 5.10 Å². The minimum atomic E-state index is -0.580. The number of carbonyl (C=O) groups excluding carboxylic acids is 1. The first kappa shape index (κ1) is 19.6. The summed E-state index contributed by atoms with van der Waals surface area (Å²) in [6, 6.07) is 15.1. The molecule has 1 amide bonds. The van der Waals surface area contributed by atoms with E-state index in [1.807, 2.05) is 30.3 Å². The standard InChI is InChI=1S/C20H17N3O6/c1-27-18-10-15(12-21-22-20(24)17-8-5-9-28-17)16(23(25)26)11-19(18)29-13-14-6-3-2-4-7-14/h2-12H,13H2,1H3,(H,22,24)/b21-12+. The van der Waals surface area contributed by atoms with Gasteiger partial charge in [0.2, 0.25) is 0 Å². The third-order valence-electron chi connectivity index (χ3n) is 3.86. The van der Waals surface area contributed by atoms with Gasteiger partial charge in [0.05, 0.1) is 36.1 Å². The number of nitro benzene ring substituents is 1. The van der Waals surface area contributed by atoms with Gasteiger partial charge in [-0.3, -0.25) is 14.9 Å². The first-order chi connectivity index (χ1) is 14.1. The molecule has 0 aliphatic heterocycles. The lowest BCUT2D eigenvalue weighted by atomic mass is 10.1. The van der Waals surface area contributed by atoms with E-state index in [4.69, 9.17) is 13.9 Å². The molecular weight excluding hydrogens is 378 g/mol. The average Bonchev–Trinajstić information content (AvgIpc) is 3.28. The number of methoxy groups -OCH3 is 1. The van der Waals surface area contributed by atoms with Gasteiger partial charge in [-0.25, -0.2) is 5.43 Å². The van der Waals surface area contributed by atoms with Crippen molar-refractivity contribution < 1.29 is 23.6 Å². The molecule has 0 spiro atoms. The smallest absolute Gasteiger partial charge is 0.307 e. The molecule has 0 aliphatic carbocycles. The Morgan fingerprint density at radius 2 is 2.00 bits per heavy atom. The third kappa shape index (κ3) is 4.98. The number of carbonyl (C=O) groups is 1. The molecule has 9 heteroatoms. The summed E-state index contributed by atoms with van der Waals surface area (Å²) in [5.74, 6) is 0.00717. The summed E-state index contributed by atoms with van der Waals surface area (Å²) in [5.41, 5.74) is 3.04. The number of ether oxygens (including phenoxy) is 2. The number of nitrogens with zero attached hydrogens (tertiary/aromatic N) is 2. The Labute approximate surface area is 165 Å². The van der Waals surface area contributed by atoms with Crippen LogP contribution < -0.4 is 14.9 Å². The predicted molar refractivity (Wildman–Crippen MR) is 104 cm³/mol. The van der Waals surface area contributed by atoms with Gasteiger partial charge in [-0.15, -0.1) is 0 Å². The summed E-state index contributed by atoms with van der Waals surface area (Å²) in [5, 5.41) is 15.2. The molecule has 29 heavy (non-hydrogen) atoms. The van der Waals surface area contributed by atoms with Gasteiger partial charge in [-0.05, 0) is 23.8 Å². The Morgan fingerprint density at radius 1 is 1.21 bits per heavy atom. The van der Waals surface area contributed by atoms with E-state index < -0.39 is 10.8 Å². The van der Waals surface area contributed by atoms with E-state index in [0.717, 1.165) is 11.8 Å². The van der Waals surface area contributed by atoms with E-state index in [0.29, 0.717) is 5.75 Å². The third-order valence-corrected chi connectivity index (χ3v) is 3.86. The molecule has 0 aliphatic rings. The van der Waals surface area contributed by atoms with Crippen molar-refractivity contribution in [2.45, 2.75) is 6.61 Å². The van der Waals surface area contributed by atoms with E-state index >= 15 is 0 Å². The molecule has 0 saturated heterocycles. The summed E-state index contributed by atoms with van der Waals surface area (Å²) in [4.78, 5) is 22.7. The lowest BCUT2D eigenvalue weighted by Crippen LogP contribution is -2.16. The maximum Gasteiger partial charge on any atom is 0.307 e. The van der Waals surface area contributed by atoms with Crippen LogP contribution in [0.25, 0.3) is 0 Å². The van der Waals surface area contributed by atoms with Crippen LogP contribution in [0.4, 0.5) is 5.69 Å². The van der Waals surface area contributed by atoms with Crippen LogP contribution in [0.1, 0.15) is 21.7 Å². The van der Waals surface area contributed by atoms with Crippen molar-refractivity contribution in [3.63, 3.8) is 0 Å². The highest BCUT2D eigenvalue weighted by Gasteiger charge is 2.19. The Bertz CT molecular complexity index is 1020. The number of amides is 1. The van der Waals surface area contributed by atoms with Crippen LogP contribution in [-0.2, 0) is 6.61 Å². The minimum Gasteiger partial charge on any atom is -0.493 e. The molecule has 0 bridgehead atoms. The number of hydrazone groups is 1. The Balaban J connectivity index is 1.80. The van der Waals surface area contributed by atoms with E-state index in [1.54, 1.807) is 6.07 Å². The van der Waals surface area contributed by atoms with Crippen molar-refractivity contribution in [3.05, 3.63) is 87.9 Å². The number of benzene rings is 2. The maximum absolute atomic E-state index is 11.8. The Kier molecular flexibility index (Phi) is 6.21. The summed E-state index contributed by atoms with van der Waals surface area (Å²) in [7, 11) is 1.43. The molecule has 148 valence electrons. The highest BCUT2D eigenvalue weighted by atomic mass is 16.6. The second-order valence-electron chi connectivity index (χ2n) is 5.77. The summed E-state index contributed by atoms with van der Waals surface area (Å²) < 4.78 is 15.9. The average molecular weight is 395 g/mol. The van der Waals surface area contributed by atoms with Crippen LogP contribution in [0.2, 0.25) is 0 Å². The zero-order chi connectivity index (χ0) is 20.6. The van der Waals surface area contributed by atoms with Crippen LogP contribution in [0.15, 0.2) is 70.4 Å². The van der Waals surface area contributed by atoms with Crippen LogP contribution >= 0.6 is 0 Å². The molecule has 1 N–H and O–H groups in total. The summed E-state index contributed by atoms with van der Waals surface area (Å²) in [6.45, 7) is 0.223. The number of hydrogen-bond acceptors (Lipinski definition) is 7. The normalized spacial score (nSPS) is 10.7. The first-order valence-electron chi connectivity index (χ1n) is 8.48. The zero-order valence-corrected chi connectivity index (χ0v) is 15.4. The lowest BCUT2D eigenvalue weighted by Gasteiger charge is -2.12. The molecule has 2 aromatic carbocycles. The monoisotopic (exact) mass is 395 g/mol. The van der Waals surface area contributed by atoms with Crippen molar-refractivity contribution >= 4 is 17.8 Å². The predicted octanol–water partition coefficient (Wildman–Crippen LogP) is 3.54. The molecule has 0 unspecified atom stereocenters. The number of nitrogens with one attached hydrogen (secondary N) is 1. The van der Waals surface area contributed by atoms with Gasteiger partial charge < -0.3 is 13.9 Å². The van der Waals surface area contributed by atoms with Gasteiger partial charge in [-0.2, -0.15) is 5.10 Å². The fourth-order valence-corrected chi connectivity index (χ4v) is 2.46. The van der Waals surface area contributed by atoms with Crippen LogP contribution in [0, 0.1) is 10.1 Å². The molecule has 3 rings (SSSR count). The fraction of sp³-hybridized carbons (Fsp3) is 0.100. The SMILES string of the molecule is COc1cc(/C=N/NC(=O)c2ccco2)c([N+](=O)[O-])cc1OCc1ccccc1. The van der Waals surface area contributed by atoms with E-state index in [-0.39, 0.29) is 29.4 Å². The first-order valence-corrected chi connectivity index (χ1v) is 8.48. The van der Waals surface area contributed by atoms with Gasteiger partial charge in [0, 0.05) is 0 Å². The highest BCUT2D eigenvalue weighted by molar-refractivity contribution is 5.93. The molecule has 0 saturated carbocycles. The Morgan fingerprint density at radius 3 is 2.66 bits per heavy atom.